The largest absolute Gasteiger partial charge is 0.492 e. The molecule has 1 atom stereocenters. The van der Waals surface area contributed by atoms with E-state index in [9.17, 15) is 4.79 Å². The van der Waals surface area contributed by atoms with Gasteiger partial charge in [-0.25, -0.2) is 0 Å². The maximum atomic E-state index is 11.8. The molecule has 5 nitrogen and oxygen atoms in total. The van der Waals surface area contributed by atoms with E-state index in [-0.39, 0.29) is 11.8 Å². The van der Waals surface area contributed by atoms with E-state index in [2.05, 4.69) is 10.2 Å². The number of nitrogens with zero attached hydrogens (tertiary/aromatic N) is 1. The van der Waals surface area contributed by atoms with Crippen molar-refractivity contribution in [2.24, 2.45) is 5.92 Å². The number of hydrogen-bond donors (Lipinski definition) is 2. The van der Waals surface area contributed by atoms with Crippen molar-refractivity contribution in [1.29, 1.82) is 0 Å². The summed E-state index contributed by atoms with van der Waals surface area (Å²) < 4.78 is 5.52. The molecule has 0 spiro atoms. The molecule has 0 aromatic heterocycles. The molecule has 0 aliphatic carbocycles. The monoisotopic (exact) mass is 263 g/mol. The highest BCUT2D eigenvalue weighted by Gasteiger charge is 2.25. The first-order valence-corrected chi connectivity index (χ1v) is 6.60. The van der Waals surface area contributed by atoms with Crippen molar-refractivity contribution in [1.82, 2.24) is 10.2 Å². The average Bonchev–Trinajstić information content (AvgIpc) is 2.81. The molecule has 19 heavy (non-hydrogen) atoms. The smallest absolute Gasteiger partial charge is 0.224 e. The molecule has 0 radical (unpaired) electrons. The Balaban J connectivity index is 1.65. The zero-order valence-electron chi connectivity index (χ0n) is 11.3. The van der Waals surface area contributed by atoms with Crippen LogP contribution in [0, 0.1) is 5.92 Å². The lowest BCUT2D eigenvalue weighted by Gasteiger charge is -2.12. The van der Waals surface area contributed by atoms with Crippen LogP contribution in [0.4, 0.5) is 5.69 Å². The third kappa shape index (κ3) is 4.13. The van der Waals surface area contributed by atoms with Gasteiger partial charge in [0, 0.05) is 18.3 Å². The fraction of sp³-hybridized carbons (Fsp3) is 0.500. The highest BCUT2D eigenvalue weighted by Crippen LogP contribution is 2.15. The second kappa shape index (κ2) is 6.43. The SMILES string of the molecule is CN1CCC(C(=O)NCCOc2cccc(N)c2)C1. The molecule has 1 aliphatic heterocycles. The van der Waals surface area contributed by atoms with Crippen LogP contribution in [0.15, 0.2) is 24.3 Å². The minimum absolute atomic E-state index is 0.123. The minimum Gasteiger partial charge on any atom is -0.492 e. The van der Waals surface area contributed by atoms with Gasteiger partial charge in [-0.05, 0) is 32.1 Å². The molecular formula is C14H21N3O2. The predicted octanol–water partition coefficient (Wildman–Crippen LogP) is 0.716. The molecule has 104 valence electrons. The summed E-state index contributed by atoms with van der Waals surface area (Å²) in [5.41, 5.74) is 6.33. The van der Waals surface area contributed by atoms with E-state index in [1.54, 1.807) is 6.07 Å². The number of anilines is 1. The Morgan fingerprint density at radius 1 is 1.58 bits per heavy atom. The Morgan fingerprint density at radius 3 is 3.11 bits per heavy atom. The quantitative estimate of drug-likeness (QED) is 0.606. The van der Waals surface area contributed by atoms with Gasteiger partial charge in [0.2, 0.25) is 5.91 Å². The van der Waals surface area contributed by atoms with E-state index >= 15 is 0 Å². The standard InChI is InChI=1S/C14H21N3O2/c1-17-7-5-11(10-17)14(18)16-6-8-19-13-4-2-3-12(15)9-13/h2-4,9,11H,5-8,10,15H2,1H3,(H,16,18). The molecule has 1 heterocycles. The predicted molar refractivity (Wildman–Crippen MR) is 75.0 cm³/mol. The Bertz CT molecular complexity index is 436. The van der Waals surface area contributed by atoms with E-state index in [0.29, 0.717) is 18.8 Å². The molecule has 1 saturated heterocycles. The van der Waals surface area contributed by atoms with Crippen molar-refractivity contribution in [3.63, 3.8) is 0 Å². The Labute approximate surface area is 113 Å². The van der Waals surface area contributed by atoms with Crippen LogP contribution in [0.2, 0.25) is 0 Å². The molecule has 2 rings (SSSR count). The molecule has 5 heteroatoms. The van der Waals surface area contributed by atoms with Gasteiger partial charge in [0.05, 0.1) is 12.5 Å². The molecule has 1 aromatic carbocycles. The van der Waals surface area contributed by atoms with Crippen LogP contribution >= 0.6 is 0 Å². The second-order valence-corrected chi connectivity index (χ2v) is 4.96. The fourth-order valence-corrected chi connectivity index (χ4v) is 2.24. The summed E-state index contributed by atoms with van der Waals surface area (Å²) in [6.45, 7) is 2.82. The summed E-state index contributed by atoms with van der Waals surface area (Å²) in [6.07, 6.45) is 0.943. The molecule has 1 aliphatic rings. The number of nitrogen functional groups attached to an aromatic ring is 1. The van der Waals surface area contributed by atoms with Gasteiger partial charge in [-0.15, -0.1) is 0 Å². The van der Waals surface area contributed by atoms with Crippen molar-refractivity contribution in [3.05, 3.63) is 24.3 Å². The van der Waals surface area contributed by atoms with Gasteiger partial charge in [-0.2, -0.15) is 0 Å². The number of carbonyl (C=O) groups is 1. The number of likely N-dealkylation sites (tertiary alicyclic amines) is 1. The molecular weight excluding hydrogens is 242 g/mol. The number of nitrogens with one attached hydrogen (secondary N) is 1. The summed E-state index contributed by atoms with van der Waals surface area (Å²) in [4.78, 5) is 14.0. The summed E-state index contributed by atoms with van der Waals surface area (Å²) in [6, 6.07) is 7.28. The number of amides is 1. The zero-order chi connectivity index (χ0) is 13.7. The molecule has 1 unspecified atom stereocenters. The molecule has 0 saturated carbocycles. The first kappa shape index (κ1) is 13.7. The number of benzene rings is 1. The van der Waals surface area contributed by atoms with Crippen LogP contribution in [0.1, 0.15) is 6.42 Å². The van der Waals surface area contributed by atoms with Crippen molar-refractivity contribution < 1.29 is 9.53 Å². The van der Waals surface area contributed by atoms with Gasteiger partial charge in [-0.3, -0.25) is 4.79 Å². The Hall–Kier alpha value is -1.75. The first-order chi connectivity index (χ1) is 9.15. The molecule has 1 amide bonds. The zero-order valence-corrected chi connectivity index (χ0v) is 11.3. The molecule has 1 aromatic rings. The maximum Gasteiger partial charge on any atom is 0.224 e. The van der Waals surface area contributed by atoms with E-state index in [1.807, 2.05) is 25.2 Å². The summed E-state index contributed by atoms with van der Waals surface area (Å²) in [5.74, 6) is 0.979. The number of carbonyl (C=O) groups excluding carboxylic acids is 1. The highest BCUT2D eigenvalue weighted by atomic mass is 16.5. The summed E-state index contributed by atoms with van der Waals surface area (Å²) in [5, 5.41) is 2.91. The van der Waals surface area contributed by atoms with Crippen molar-refractivity contribution in [2.75, 3.05) is 39.0 Å². The topological polar surface area (TPSA) is 67.6 Å². The fourth-order valence-electron chi connectivity index (χ4n) is 2.24. The number of hydrogen-bond acceptors (Lipinski definition) is 4. The third-order valence-electron chi connectivity index (χ3n) is 3.29. The van der Waals surface area contributed by atoms with Gasteiger partial charge in [0.1, 0.15) is 12.4 Å². The van der Waals surface area contributed by atoms with Gasteiger partial charge in [0.15, 0.2) is 0 Å². The number of ether oxygens (including phenoxy) is 1. The van der Waals surface area contributed by atoms with E-state index in [0.717, 1.165) is 25.3 Å². The van der Waals surface area contributed by atoms with E-state index in [4.69, 9.17) is 10.5 Å². The first-order valence-electron chi connectivity index (χ1n) is 6.60. The molecule has 3 N–H and O–H groups in total. The van der Waals surface area contributed by atoms with Gasteiger partial charge < -0.3 is 20.7 Å². The van der Waals surface area contributed by atoms with Crippen LogP contribution in [0.5, 0.6) is 5.75 Å². The van der Waals surface area contributed by atoms with Gasteiger partial charge in [0.25, 0.3) is 0 Å². The number of rotatable bonds is 5. The maximum absolute atomic E-state index is 11.8. The van der Waals surface area contributed by atoms with Crippen molar-refractivity contribution >= 4 is 11.6 Å². The average molecular weight is 263 g/mol. The normalized spacial score (nSPS) is 19.3. The lowest BCUT2D eigenvalue weighted by atomic mass is 10.1. The van der Waals surface area contributed by atoms with Crippen LogP contribution in [-0.4, -0.2) is 44.1 Å². The molecule has 0 bridgehead atoms. The van der Waals surface area contributed by atoms with Crippen molar-refractivity contribution in [3.8, 4) is 5.75 Å². The Kier molecular flexibility index (Phi) is 4.63. The second-order valence-electron chi connectivity index (χ2n) is 4.96. The van der Waals surface area contributed by atoms with E-state index < -0.39 is 0 Å². The van der Waals surface area contributed by atoms with Gasteiger partial charge >= 0.3 is 0 Å². The highest BCUT2D eigenvalue weighted by molar-refractivity contribution is 5.79. The van der Waals surface area contributed by atoms with Crippen LogP contribution < -0.4 is 15.8 Å². The third-order valence-corrected chi connectivity index (χ3v) is 3.29. The summed E-state index contributed by atoms with van der Waals surface area (Å²) in [7, 11) is 2.04. The summed E-state index contributed by atoms with van der Waals surface area (Å²) >= 11 is 0. The Morgan fingerprint density at radius 2 is 2.42 bits per heavy atom. The lowest BCUT2D eigenvalue weighted by Crippen LogP contribution is -2.34. The van der Waals surface area contributed by atoms with Crippen LogP contribution in [-0.2, 0) is 4.79 Å². The van der Waals surface area contributed by atoms with E-state index in [1.165, 1.54) is 0 Å². The van der Waals surface area contributed by atoms with Crippen LogP contribution in [0.25, 0.3) is 0 Å². The minimum atomic E-state index is 0.123. The van der Waals surface area contributed by atoms with Gasteiger partial charge in [-0.1, -0.05) is 6.07 Å². The lowest BCUT2D eigenvalue weighted by molar-refractivity contribution is -0.124. The van der Waals surface area contributed by atoms with Crippen LogP contribution in [0.3, 0.4) is 0 Å². The molecule has 1 fully saturated rings. The van der Waals surface area contributed by atoms with Crippen molar-refractivity contribution in [2.45, 2.75) is 6.42 Å². The number of nitrogens with two attached hydrogens (primary N) is 1.